The molecule has 1 aliphatic rings. The van der Waals surface area contributed by atoms with Crippen LogP contribution < -0.4 is 26.2 Å². The Balaban J connectivity index is 1.37. The number of halogens is 4. The second-order valence-corrected chi connectivity index (χ2v) is 9.29. The van der Waals surface area contributed by atoms with Gasteiger partial charge in [-0.2, -0.15) is 18.3 Å². The van der Waals surface area contributed by atoms with Gasteiger partial charge in [-0.05, 0) is 35.9 Å². The lowest BCUT2D eigenvalue weighted by Gasteiger charge is -2.27. The number of carbonyl (C=O) groups excluding carboxylic acids is 2. The van der Waals surface area contributed by atoms with Crippen LogP contribution in [0.25, 0.3) is 0 Å². The topological polar surface area (TPSA) is 134 Å². The molecule has 1 aromatic heterocycles. The predicted octanol–water partition coefficient (Wildman–Crippen LogP) is 3.86. The third kappa shape index (κ3) is 6.69. The zero-order valence-corrected chi connectivity index (χ0v) is 21.1. The third-order valence-corrected chi connectivity index (χ3v) is 6.11. The normalized spacial score (nSPS) is 17.1. The molecule has 10 nitrogen and oxygen atoms in total. The molecule has 0 bridgehead atoms. The van der Waals surface area contributed by atoms with Gasteiger partial charge in [0.05, 0.1) is 24.1 Å². The number of H-pyrrole nitrogens is 1. The monoisotopic (exact) mass is 595 g/mol. The molecule has 0 unspecified atom stereocenters. The number of alkyl halides is 3. The average Bonchev–Trinajstić information content (AvgIpc) is 3.33. The summed E-state index contributed by atoms with van der Waals surface area (Å²) < 4.78 is 50.8. The number of anilines is 2. The minimum atomic E-state index is -4.54. The minimum Gasteiger partial charge on any atom is -0.408 e. The molecule has 3 aromatic rings. The van der Waals surface area contributed by atoms with E-state index in [-0.39, 0.29) is 37.6 Å². The summed E-state index contributed by atoms with van der Waals surface area (Å²) in [7, 11) is 0. The summed E-state index contributed by atoms with van der Waals surface area (Å²) in [4.78, 5) is 36.7. The fourth-order valence-electron chi connectivity index (χ4n) is 3.71. The maximum Gasteiger partial charge on any atom is 0.418 e. The van der Waals surface area contributed by atoms with E-state index >= 15 is 0 Å². The van der Waals surface area contributed by atoms with E-state index in [4.69, 9.17) is 9.47 Å². The first-order valence-electron chi connectivity index (χ1n) is 11.2. The summed E-state index contributed by atoms with van der Waals surface area (Å²) in [6, 6.07) is 11.3. The van der Waals surface area contributed by atoms with Gasteiger partial charge in [-0.15, -0.1) is 0 Å². The van der Waals surface area contributed by atoms with E-state index in [1.807, 2.05) is 0 Å². The number of benzene rings is 2. The summed E-state index contributed by atoms with van der Waals surface area (Å²) in [6.07, 6.45) is -4.16. The van der Waals surface area contributed by atoms with Gasteiger partial charge < -0.3 is 25.4 Å². The molecular formula is C24H21BrF3N5O5. The molecule has 4 N–H and O–H groups in total. The van der Waals surface area contributed by atoms with Crippen molar-refractivity contribution >= 4 is 39.3 Å². The van der Waals surface area contributed by atoms with Crippen LogP contribution in [0.4, 0.5) is 29.3 Å². The largest absolute Gasteiger partial charge is 0.418 e. The van der Waals surface area contributed by atoms with Crippen LogP contribution in [0.5, 0.6) is 5.75 Å². The van der Waals surface area contributed by atoms with Gasteiger partial charge in [0.15, 0.2) is 5.75 Å². The first-order chi connectivity index (χ1) is 18.0. The molecule has 200 valence electrons. The number of carbonyl (C=O) groups is 2. The van der Waals surface area contributed by atoms with E-state index in [2.05, 4.69) is 42.1 Å². The Bertz CT molecular complexity index is 1370. The molecule has 38 heavy (non-hydrogen) atoms. The second kappa shape index (κ2) is 11.2. The smallest absolute Gasteiger partial charge is 0.408 e. The van der Waals surface area contributed by atoms with Crippen LogP contribution in [-0.2, 0) is 22.3 Å². The molecular weight excluding hydrogens is 575 g/mol. The van der Waals surface area contributed by atoms with Crippen molar-refractivity contribution in [1.29, 1.82) is 0 Å². The molecule has 14 heteroatoms. The Kier molecular flexibility index (Phi) is 8.02. The lowest BCUT2D eigenvalue weighted by molar-refractivity contribution is -0.137. The third-order valence-electron chi connectivity index (χ3n) is 5.62. The van der Waals surface area contributed by atoms with Gasteiger partial charge in [-0.25, -0.2) is 9.89 Å². The van der Waals surface area contributed by atoms with Gasteiger partial charge >= 0.3 is 12.3 Å². The number of nitrogens with zero attached hydrogens (tertiary/aromatic N) is 1. The molecule has 4 rings (SSSR count). The number of aromatic nitrogens is 2. The van der Waals surface area contributed by atoms with Gasteiger partial charge in [-0.1, -0.05) is 28.1 Å². The summed E-state index contributed by atoms with van der Waals surface area (Å²) in [5, 5.41) is 13.7. The quantitative estimate of drug-likeness (QED) is 0.326. The Morgan fingerprint density at radius 2 is 1.92 bits per heavy atom. The Labute approximate surface area is 222 Å². The van der Waals surface area contributed by atoms with Crippen LogP contribution in [0, 0.1) is 0 Å². The van der Waals surface area contributed by atoms with Crippen molar-refractivity contribution in [2.45, 2.75) is 24.7 Å². The molecule has 2 heterocycles. The summed E-state index contributed by atoms with van der Waals surface area (Å²) >= 11 is 3.06. The van der Waals surface area contributed by atoms with Crippen LogP contribution in [0.2, 0.25) is 0 Å². The standard InChI is InChI=1S/C24H21BrF3N5O5/c25-15-3-6-19(18(9-15)24(26,27)28)31-16-4-1-14(2-5-16)11-29-21(35)23(7-8-37-13-23)32-22(36)38-17-10-20(34)33-30-12-17/h1-6,9-10,12,31H,7-8,11,13H2,(H,29,35)(H,32,36)(H,33,34)/t23-/m0/s1. The molecule has 1 fully saturated rings. The van der Waals surface area contributed by atoms with Crippen LogP contribution >= 0.6 is 15.9 Å². The van der Waals surface area contributed by atoms with Crippen molar-refractivity contribution in [3.8, 4) is 5.75 Å². The van der Waals surface area contributed by atoms with Gasteiger partial charge in [0.1, 0.15) is 5.54 Å². The van der Waals surface area contributed by atoms with Crippen LogP contribution in [-0.4, -0.2) is 41.0 Å². The number of ether oxygens (including phenoxy) is 2. The van der Waals surface area contributed by atoms with Crippen molar-refractivity contribution in [1.82, 2.24) is 20.8 Å². The van der Waals surface area contributed by atoms with E-state index in [0.29, 0.717) is 15.7 Å². The average molecular weight is 596 g/mol. The van der Waals surface area contributed by atoms with Crippen molar-refractivity contribution in [3.05, 3.63) is 80.7 Å². The molecule has 1 saturated heterocycles. The van der Waals surface area contributed by atoms with E-state index < -0.39 is 34.8 Å². The Hall–Kier alpha value is -3.91. The molecule has 0 aliphatic carbocycles. The number of hydrogen-bond donors (Lipinski definition) is 4. The number of amides is 2. The maximum absolute atomic E-state index is 13.4. The second-order valence-electron chi connectivity index (χ2n) is 8.37. The SMILES string of the molecule is O=C(N[C@@]1(C(=O)NCc2ccc(Nc3ccc(Br)cc3C(F)(F)F)cc2)CCOC1)Oc1cn[nH]c(=O)c1. The first kappa shape index (κ1) is 27.1. The zero-order valence-electron chi connectivity index (χ0n) is 19.5. The van der Waals surface area contributed by atoms with E-state index in [1.54, 1.807) is 24.3 Å². The lowest BCUT2D eigenvalue weighted by Crippen LogP contribution is -2.59. The first-order valence-corrected chi connectivity index (χ1v) is 12.0. The molecule has 0 spiro atoms. The van der Waals surface area contributed by atoms with Crippen molar-refractivity contribution < 1.29 is 32.2 Å². The highest BCUT2D eigenvalue weighted by Gasteiger charge is 2.44. The highest BCUT2D eigenvalue weighted by molar-refractivity contribution is 9.10. The zero-order chi connectivity index (χ0) is 27.3. The summed E-state index contributed by atoms with van der Waals surface area (Å²) in [5.41, 5.74) is -1.77. The molecule has 1 aliphatic heterocycles. The molecule has 0 radical (unpaired) electrons. The van der Waals surface area contributed by atoms with Gasteiger partial charge in [0, 0.05) is 35.8 Å². The fourth-order valence-corrected chi connectivity index (χ4v) is 4.08. The van der Waals surface area contributed by atoms with Crippen LogP contribution in [0.1, 0.15) is 17.5 Å². The Morgan fingerprint density at radius 1 is 1.16 bits per heavy atom. The molecule has 2 amide bonds. The number of aromatic amines is 1. The van der Waals surface area contributed by atoms with Gasteiger partial charge in [0.2, 0.25) is 5.91 Å². The maximum atomic E-state index is 13.4. The summed E-state index contributed by atoms with van der Waals surface area (Å²) in [5.74, 6) is -0.609. The van der Waals surface area contributed by atoms with Crippen molar-refractivity contribution in [3.63, 3.8) is 0 Å². The fraction of sp³-hybridized carbons (Fsp3) is 0.250. The highest BCUT2D eigenvalue weighted by Crippen LogP contribution is 2.37. The number of nitrogens with one attached hydrogen (secondary N) is 4. The van der Waals surface area contributed by atoms with E-state index in [0.717, 1.165) is 18.3 Å². The van der Waals surface area contributed by atoms with Crippen molar-refractivity contribution in [2.75, 3.05) is 18.5 Å². The Morgan fingerprint density at radius 3 is 2.58 bits per heavy atom. The van der Waals surface area contributed by atoms with Crippen molar-refractivity contribution in [2.24, 2.45) is 0 Å². The molecule has 1 atom stereocenters. The lowest BCUT2D eigenvalue weighted by atomic mass is 9.97. The van der Waals surface area contributed by atoms with Gasteiger partial charge in [0.25, 0.3) is 5.56 Å². The molecule has 2 aromatic carbocycles. The summed E-state index contributed by atoms with van der Waals surface area (Å²) in [6.45, 7) is 0.234. The predicted molar refractivity (Wildman–Crippen MR) is 133 cm³/mol. The van der Waals surface area contributed by atoms with Crippen LogP contribution in [0.15, 0.2) is 64.0 Å². The minimum absolute atomic E-state index is 0.0842. The van der Waals surface area contributed by atoms with E-state index in [9.17, 15) is 27.6 Å². The number of hydrogen-bond acceptors (Lipinski definition) is 7. The van der Waals surface area contributed by atoms with Crippen LogP contribution in [0.3, 0.4) is 0 Å². The van der Waals surface area contributed by atoms with Gasteiger partial charge in [-0.3, -0.25) is 9.59 Å². The number of rotatable bonds is 7. The highest BCUT2D eigenvalue weighted by atomic mass is 79.9. The molecule has 0 saturated carbocycles. The van der Waals surface area contributed by atoms with E-state index in [1.165, 1.54) is 12.1 Å².